The second-order valence-electron chi connectivity index (χ2n) is 8.11. The zero-order valence-electron chi connectivity index (χ0n) is 18.4. The van der Waals surface area contributed by atoms with Gasteiger partial charge in [-0.15, -0.1) is 0 Å². The van der Waals surface area contributed by atoms with Gasteiger partial charge in [0.25, 0.3) is 0 Å². The summed E-state index contributed by atoms with van der Waals surface area (Å²) in [5.41, 5.74) is 0.926. The van der Waals surface area contributed by atoms with Gasteiger partial charge in [-0.2, -0.15) is 0 Å². The molecule has 0 bridgehead atoms. The van der Waals surface area contributed by atoms with E-state index in [0.717, 1.165) is 48.3 Å². The van der Waals surface area contributed by atoms with E-state index in [2.05, 4.69) is 24.2 Å². The molecular formula is C26H31NO3S. The molecule has 0 saturated heterocycles. The average Bonchev–Trinajstić information content (AvgIpc) is 3.62. The monoisotopic (exact) mass is 437 g/mol. The Kier molecular flexibility index (Phi) is 8.89. The Hall–Kier alpha value is -2.40. The molecule has 164 valence electrons. The van der Waals surface area contributed by atoms with Crippen LogP contribution in [-0.4, -0.2) is 17.5 Å². The minimum absolute atomic E-state index is 0.155. The van der Waals surface area contributed by atoms with E-state index < -0.39 is 0 Å². The molecule has 0 spiro atoms. The smallest absolute Gasteiger partial charge is 0.318 e. The molecule has 31 heavy (non-hydrogen) atoms. The number of unbranched alkanes of at least 4 members (excludes halogenated alkanes) is 1. The van der Waals surface area contributed by atoms with Gasteiger partial charge in [-0.3, -0.25) is 4.79 Å². The summed E-state index contributed by atoms with van der Waals surface area (Å²) < 4.78 is 0. The van der Waals surface area contributed by atoms with Crippen molar-refractivity contribution in [2.75, 3.05) is 0 Å². The van der Waals surface area contributed by atoms with Crippen LogP contribution in [0.25, 0.3) is 0 Å². The Morgan fingerprint density at radius 3 is 2.32 bits per heavy atom. The third kappa shape index (κ3) is 7.35. The number of rotatable bonds is 12. The fourth-order valence-electron chi connectivity index (χ4n) is 3.35. The van der Waals surface area contributed by atoms with Gasteiger partial charge >= 0.3 is 5.97 Å². The van der Waals surface area contributed by atoms with Crippen LogP contribution in [0.15, 0.2) is 69.5 Å². The summed E-state index contributed by atoms with van der Waals surface area (Å²) in [6.45, 7) is 4.09. The molecule has 2 aromatic carbocycles. The Bertz CT molecular complexity index is 889. The van der Waals surface area contributed by atoms with Crippen molar-refractivity contribution < 1.29 is 14.4 Å². The van der Waals surface area contributed by atoms with Gasteiger partial charge in [0.05, 0.1) is 5.92 Å². The van der Waals surface area contributed by atoms with Gasteiger partial charge in [0.2, 0.25) is 5.78 Å². The van der Waals surface area contributed by atoms with Crippen LogP contribution in [0.3, 0.4) is 0 Å². The molecule has 0 heterocycles. The van der Waals surface area contributed by atoms with Gasteiger partial charge in [-0.25, -0.2) is 4.79 Å². The van der Waals surface area contributed by atoms with Crippen molar-refractivity contribution in [1.29, 1.82) is 0 Å². The Labute approximate surface area is 189 Å². The summed E-state index contributed by atoms with van der Waals surface area (Å²) in [4.78, 5) is 33.0. The molecule has 1 aliphatic rings. The molecule has 0 aromatic heterocycles. The molecule has 2 aromatic rings. The van der Waals surface area contributed by atoms with Crippen molar-refractivity contribution in [3.05, 3.63) is 60.2 Å². The predicted molar refractivity (Wildman–Crippen MR) is 126 cm³/mol. The van der Waals surface area contributed by atoms with Gasteiger partial charge in [0.15, 0.2) is 0 Å². The number of ketones is 1. The summed E-state index contributed by atoms with van der Waals surface area (Å²) in [5.74, 6) is -0.170. The maximum Gasteiger partial charge on any atom is 0.338 e. The summed E-state index contributed by atoms with van der Waals surface area (Å²) in [7, 11) is 0. The quantitative estimate of drug-likeness (QED) is 0.156. The van der Waals surface area contributed by atoms with Crippen LogP contribution in [0.5, 0.6) is 0 Å². The first-order valence-corrected chi connectivity index (χ1v) is 12.1. The van der Waals surface area contributed by atoms with Crippen LogP contribution >= 0.6 is 11.8 Å². The van der Waals surface area contributed by atoms with Crippen LogP contribution in [0, 0.1) is 11.8 Å². The van der Waals surface area contributed by atoms with E-state index in [0.29, 0.717) is 23.6 Å². The van der Waals surface area contributed by atoms with Gasteiger partial charge < -0.3 is 4.84 Å². The zero-order chi connectivity index (χ0) is 22.1. The van der Waals surface area contributed by atoms with Crippen molar-refractivity contribution in [2.45, 2.75) is 68.6 Å². The van der Waals surface area contributed by atoms with Gasteiger partial charge in [0.1, 0.15) is 5.71 Å². The molecule has 0 radical (unpaired) electrons. The first-order valence-electron chi connectivity index (χ1n) is 11.3. The average molecular weight is 438 g/mol. The minimum atomic E-state index is -0.327. The predicted octanol–water partition coefficient (Wildman–Crippen LogP) is 6.94. The van der Waals surface area contributed by atoms with E-state index in [1.165, 1.54) is 0 Å². The molecule has 1 aliphatic carbocycles. The Morgan fingerprint density at radius 2 is 1.71 bits per heavy atom. The van der Waals surface area contributed by atoms with Crippen LogP contribution < -0.4 is 0 Å². The van der Waals surface area contributed by atoms with Crippen LogP contribution in [0.1, 0.15) is 69.2 Å². The lowest BCUT2D eigenvalue weighted by atomic mass is 10.00. The molecular weight excluding hydrogens is 406 g/mol. The van der Waals surface area contributed by atoms with E-state index >= 15 is 0 Å². The lowest BCUT2D eigenvalue weighted by Gasteiger charge is -2.11. The molecule has 0 aliphatic heterocycles. The minimum Gasteiger partial charge on any atom is -0.318 e. The van der Waals surface area contributed by atoms with E-state index in [4.69, 9.17) is 4.84 Å². The summed E-state index contributed by atoms with van der Waals surface area (Å²) in [6, 6.07) is 17.7. The summed E-state index contributed by atoms with van der Waals surface area (Å²) in [5, 5.41) is 4.06. The second kappa shape index (κ2) is 11.8. The fraction of sp³-hybridized carbons (Fsp3) is 0.423. The lowest BCUT2D eigenvalue weighted by molar-refractivity contribution is -0.149. The van der Waals surface area contributed by atoms with Crippen LogP contribution in [0.4, 0.5) is 0 Å². The topological polar surface area (TPSA) is 55.7 Å². The number of oxime groups is 1. The highest BCUT2D eigenvalue weighted by Crippen LogP contribution is 2.33. The maximum atomic E-state index is 13.1. The van der Waals surface area contributed by atoms with Crippen molar-refractivity contribution in [1.82, 2.24) is 0 Å². The maximum absolute atomic E-state index is 13.1. The van der Waals surface area contributed by atoms with E-state index in [9.17, 15) is 9.59 Å². The number of carbonyl (C=O) groups excluding carboxylic acids is 2. The van der Waals surface area contributed by atoms with E-state index in [-0.39, 0.29) is 17.7 Å². The molecule has 0 amide bonds. The van der Waals surface area contributed by atoms with Gasteiger partial charge in [-0.1, -0.05) is 61.8 Å². The first-order chi connectivity index (χ1) is 15.1. The normalized spacial score (nSPS) is 14.8. The highest BCUT2D eigenvalue weighted by atomic mass is 32.2. The zero-order valence-corrected chi connectivity index (χ0v) is 19.2. The molecule has 1 fully saturated rings. The molecule has 1 atom stereocenters. The summed E-state index contributed by atoms with van der Waals surface area (Å²) in [6.07, 6.45) is 6.31. The molecule has 3 rings (SSSR count). The first kappa shape index (κ1) is 23.3. The molecule has 1 saturated carbocycles. The SMILES string of the molecule is CCCCC(CC)C(=O)O/N=C(\CC1CC1)C(=O)c1ccc(Sc2ccccc2)cc1. The van der Waals surface area contributed by atoms with E-state index in [1.807, 2.05) is 49.4 Å². The van der Waals surface area contributed by atoms with Gasteiger partial charge in [0, 0.05) is 15.4 Å². The third-order valence-corrected chi connectivity index (χ3v) is 6.53. The van der Waals surface area contributed by atoms with Crippen molar-refractivity contribution in [2.24, 2.45) is 17.0 Å². The van der Waals surface area contributed by atoms with Gasteiger partial charge in [-0.05, 0) is 74.4 Å². The number of nitrogens with zero attached hydrogens (tertiary/aromatic N) is 1. The Morgan fingerprint density at radius 1 is 1.03 bits per heavy atom. The number of Topliss-reactive ketones (excluding diaryl/α,β-unsaturated/α-hetero) is 1. The largest absolute Gasteiger partial charge is 0.338 e. The highest BCUT2D eigenvalue weighted by Gasteiger charge is 2.28. The molecule has 5 heteroatoms. The standard InChI is InChI=1S/C26H31NO3S/c1-3-5-9-20(4-2)26(29)30-27-24(18-19-12-13-19)25(28)21-14-16-23(17-15-21)31-22-10-7-6-8-11-22/h6-8,10-11,14-17,19-20H,3-5,9,12-13,18H2,1-2H3/b27-24+. The number of benzene rings is 2. The fourth-order valence-corrected chi connectivity index (χ4v) is 4.18. The summed E-state index contributed by atoms with van der Waals surface area (Å²) >= 11 is 1.65. The second-order valence-corrected chi connectivity index (χ2v) is 9.26. The molecule has 1 unspecified atom stereocenters. The lowest BCUT2D eigenvalue weighted by Crippen LogP contribution is -2.19. The molecule has 4 nitrogen and oxygen atoms in total. The number of carbonyl (C=O) groups is 2. The number of hydrogen-bond donors (Lipinski definition) is 0. The van der Waals surface area contributed by atoms with Crippen LogP contribution in [-0.2, 0) is 9.63 Å². The number of hydrogen-bond acceptors (Lipinski definition) is 5. The Balaban J connectivity index is 1.67. The molecule has 0 N–H and O–H groups in total. The third-order valence-electron chi connectivity index (χ3n) is 5.51. The van der Waals surface area contributed by atoms with Crippen LogP contribution in [0.2, 0.25) is 0 Å². The highest BCUT2D eigenvalue weighted by molar-refractivity contribution is 7.99. The van der Waals surface area contributed by atoms with Crippen molar-refractivity contribution in [3.8, 4) is 0 Å². The van der Waals surface area contributed by atoms with Crippen molar-refractivity contribution in [3.63, 3.8) is 0 Å². The van der Waals surface area contributed by atoms with Crippen molar-refractivity contribution >= 4 is 29.2 Å². The van der Waals surface area contributed by atoms with E-state index in [1.54, 1.807) is 11.8 Å².